The maximum Gasteiger partial charge on any atom is 0.251 e. The molecule has 0 fully saturated rings. The van der Waals surface area contributed by atoms with Gasteiger partial charge in [0.25, 0.3) is 5.91 Å². The monoisotopic (exact) mass is 428 g/mol. The van der Waals surface area contributed by atoms with Crippen molar-refractivity contribution in [1.29, 1.82) is 0 Å². The number of aryl methyl sites for hydroxylation is 2. The van der Waals surface area contributed by atoms with E-state index in [1.165, 1.54) is 12.1 Å². The Bertz CT molecular complexity index is 1190. The number of rotatable bonds is 6. The first kappa shape index (κ1) is 22.0. The van der Waals surface area contributed by atoms with Crippen molar-refractivity contribution in [3.05, 3.63) is 59.4 Å². The third-order valence-electron chi connectivity index (χ3n) is 4.67. The highest BCUT2D eigenvalue weighted by Gasteiger charge is 2.23. The number of carbonyl (C=O) groups excluding carboxylic acids is 1. The Kier molecular flexibility index (Phi) is 6.01. The largest absolute Gasteiger partial charge is 0.350 e. The van der Waals surface area contributed by atoms with Crippen LogP contribution in [0.3, 0.4) is 0 Å². The Balaban J connectivity index is 1.75. The molecule has 0 unspecified atom stereocenters. The van der Waals surface area contributed by atoms with E-state index in [-0.39, 0.29) is 10.8 Å². The van der Waals surface area contributed by atoms with Gasteiger partial charge >= 0.3 is 0 Å². The van der Waals surface area contributed by atoms with Crippen molar-refractivity contribution in [3.8, 4) is 0 Å². The van der Waals surface area contributed by atoms with Crippen LogP contribution in [0.4, 0.5) is 0 Å². The zero-order valence-electron chi connectivity index (χ0n) is 18.0. The molecule has 1 aromatic heterocycles. The van der Waals surface area contributed by atoms with Crippen molar-refractivity contribution >= 4 is 27.0 Å². The molecule has 2 aromatic carbocycles. The molecule has 0 saturated heterocycles. The molecule has 8 heteroatoms. The third-order valence-corrected chi connectivity index (χ3v) is 6.43. The van der Waals surface area contributed by atoms with Crippen LogP contribution in [0.1, 0.15) is 42.5 Å². The summed E-state index contributed by atoms with van der Waals surface area (Å²) in [4.78, 5) is 17.4. The van der Waals surface area contributed by atoms with Crippen LogP contribution < -0.4 is 10.0 Å². The van der Waals surface area contributed by atoms with E-state index in [2.05, 4.69) is 19.6 Å². The average molecular weight is 429 g/mol. The molecule has 2 N–H and O–H groups in total. The van der Waals surface area contributed by atoms with E-state index in [1.54, 1.807) is 33.8 Å². The van der Waals surface area contributed by atoms with E-state index in [0.29, 0.717) is 24.2 Å². The second kappa shape index (κ2) is 8.20. The van der Waals surface area contributed by atoms with E-state index in [9.17, 15) is 13.2 Å². The maximum atomic E-state index is 12.8. The molecule has 0 saturated carbocycles. The van der Waals surface area contributed by atoms with Gasteiger partial charge in [0, 0.05) is 24.2 Å². The first-order valence-corrected chi connectivity index (χ1v) is 11.3. The van der Waals surface area contributed by atoms with Gasteiger partial charge in [-0.15, -0.1) is 0 Å². The summed E-state index contributed by atoms with van der Waals surface area (Å²) in [7, 11) is -3.72. The van der Waals surface area contributed by atoms with Gasteiger partial charge in [-0.3, -0.25) is 4.79 Å². The van der Waals surface area contributed by atoms with Gasteiger partial charge in [-0.2, -0.15) is 0 Å². The van der Waals surface area contributed by atoms with Gasteiger partial charge in [-0.05, 0) is 64.4 Å². The lowest BCUT2D eigenvalue weighted by Gasteiger charge is -2.20. The van der Waals surface area contributed by atoms with Crippen LogP contribution in [0.5, 0.6) is 0 Å². The molecular formula is C22H28N4O3S. The number of carbonyl (C=O) groups is 1. The van der Waals surface area contributed by atoms with E-state index in [4.69, 9.17) is 0 Å². The molecule has 0 aliphatic carbocycles. The molecule has 160 valence electrons. The summed E-state index contributed by atoms with van der Waals surface area (Å²) in [6.07, 6.45) is 0. The zero-order valence-corrected chi connectivity index (χ0v) is 18.8. The van der Waals surface area contributed by atoms with E-state index in [1.807, 2.05) is 31.2 Å². The zero-order chi connectivity index (χ0) is 22.1. The number of hydrogen-bond acceptors (Lipinski definition) is 4. The van der Waals surface area contributed by atoms with Crippen LogP contribution in [0.15, 0.2) is 47.4 Å². The number of nitrogens with one attached hydrogen (secondary N) is 2. The second-order valence-corrected chi connectivity index (χ2v) is 10.1. The standard InChI is InChI=1S/C22H28N4O3S/c1-15-10-11-17(30(28,29)25-22(3,4)5)14-18(15)21(27)23-12-13-26-16(2)24-19-8-6-7-9-20(19)26/h6-11,14,25H,12-13H2,1-5H3,(H,23,27). The number of hydrogen-bond donors (Lipinski definition) is 2. The van der Waals surface area contributed by atoms with Crippen molar-refractivity contribution in [2.75, 3.05) is 6.54 Å². The van der Waals surface area contributed by atoms with E-state index in [0.717, 1.165) is 16.9 Å². The predicted molar refractivity (Wildman–Crippen MR) is 118 cm³/mol. The van der Waals surface area contributed by atoms with Crippen LogP contribution >= 0.6 is 0 Å². The van der Waals surface area contributed by atoms with Gasteiger partial charge in [0.1, 0.15) is 5.82 Å². The van der Waals surface area contributed by atoms with Crippen LogP contribution in [0.2, 0.25) is 0 Å². The summed E-state index contributed by atoms with van der Waals surface area (Å²) in [5.74, 6) is 0.574. The van der Waals surface area contributed by atoms with E-state index >= 15 is 0 Å². The van der Waals surface area contributed by atoms with Crippen molar-refractivity contribution in [2.45, 2.75) is 51.6 Å². The van der Waals surface area contributed by atoms with Gasteiger partial charge in [-0.25, -0.2) is 18.1 Å². The summed E-state index contributed by atoms with van der Waals surface area (Å²) < 4.78 is 29.9. The molecule has 0 aliphatic rings. The van der Waals surface area contributed by atoms with Crippen LogP contribution in [-0.4, -0.2) is 36.0 Å². The highest BCUT2D eigenvalue weighted by Crippen LogP contribution is 2.18. The Morgan fingerprint density at radius 2 is 1.80 bits per heavy atom. The number of benzene rings is 2. The smallest absolute Gasteiger partial charge is 0.251 e. The number of para-hydroxylation sites is 2. The molecule has 0 atom stereocenters. The highest BCUT2D eigenvalue weighted by molar-refractivity contribution is 7.89. The summed E-state index contributed by atoms with van der Waals surface area (Å²) in [6, 6.07) is 12.5. The predicted octanol–water partition coefficient (Wildman–Crippen LogP) is 3.16. The Hall–Kier alpha value is -2.71. The van der Waals surface area contributed by atoms with Crippen molar-refractivity contribution in [2.24, 2.45) is 0 Å². The van der Waals surface area contributed by atoms with Gasteiger partial charge in [0.2, 0.25) is 10.0 Å². The molecule has 0 bridgehead atoms. The fraction of sp³-hybridized carbons (Fsp3) is 0.364. The highest BCUT2D eigenvalue weighted by atomic mass is 32.2. The van der Waals surface area contributed by atoms with Crippen LogP contribution in [-0.2, 0) is 16.6 Å². The minimum atomic E-state index is -3.72. The fourth-order valence-corrected chi connectivity index (χ4v) is 4.77. The van der Waals surface area contributed by atoms with Crippen molar-refractivity contribution < 1.29 is 13.2 Å². The molecule has 30 heavy (non-hydrogen) atoms. The first-order valence-electron chi connectivity index (χ1n) is 9.83. The summed E-state index contributed by atoms with van der Waals surface area (Å²) >= 11 is 0. The molecular weight excluding hydrogens is 400 g/mol. The van der Waals surface area contributed by atoms with Crippen molar-refractivity contribution in [3.63, 3.8) is 0 Å². The van der Waals surface area contributed by atoms with Gasteiger partial charge in [0.15, 0.2) is 0 Å². The average Bonchev–Trinajstić information content (AvgIpc) is 2.95. The van der Waals surface area contributed by atoms with Gasteiger partial charge < -0.3 is 9.88 Å². The number of nitrogens with zero attached hydrogens (tertiary/aromatic N) is 2. The second-order valence-electron chi connectivity index (χ2n) is 8.39. The first-order chi connectivity index (χ1) is 14.0. The number of fused-ring (bicyclic) bond motifs is 1. The normalized spacial score (nSPS) is 12.3. The Morgan fingerprint density at radius 3 is 2.50 bits per heavy atom. The minimum absolute atomic E-state index is 0.0737. The lowest BCUT2D eigenvalue weighted by Crippen LogP contribution is -2.40. The molecule has 1 heterocycles. The number of amides is 1. The van der Waals surface area contributed by atoms with Crippen LogP contribution in [0, 0.1) is 13.8 Å². The topological polar surface area (TPSA) is 93.1 Å². The quantitative estimate of drug-likeness (QED) is 0.631. The van der Waals surface area contributed by atoms with Crippen molar-refractivity contribution in [1.82, 2.24) is 19.6 Å². The Morgan fingerprint density at radius 1 is 1.10 bits per heavy atom. The SMILES string of the molecule is Cc1ccc(S(=O)(=O)NC(C)(C)C)cc1C(=O)NCCn1c(C)nc2ccccc21. The maximum absolute atomic E-state index is 12.8. The third kappa shape index (κ3) is 4.88. The molecule has 0 radical (unpaired) electrons. The number of sulfonamides is 1. The molecule has 0 spiro atoms. The number of aromatic nitrogens is 2. The fourth-order valence-electron chi connectivity index (χ4n) is 3.33. The molecule has 0 aliphatic heterocycles. The van der Waals surface area contributed by atoms with Gasteiger partial charge in [0.05, 0.1) is 15.9 Å². The summed E-state index contributed by atoms with van der Waals surface area (Å²) in [5.41, 5.74) is 2.38. The molecule has 3 aromatic rings. The molecule has 1 amide bonds. The molecule has 7 nitrogen and oxygen atoms in total. The number of imidazole rings is 1. The lowest BCUT2D eigenvalue weighted by molar-refractivity contribution is 0.0951. The summed E-state index contributed by atoms with van der Waals surface area (Å²) in [5, 5.41) is 2.89. The van der Waals surface area contributed by atoms with Crippen LogP contribution in [0.25, 0.3) is 11.0 Å². The lowest BCUT2D eigenvalue weighted by atomic mass is 10.1. The van der Waals surface area contributed by atoms with Gasteiger partial charge in [-0.1, -0.05) is 18.2 Å². The Labute approximate surface area is 177 Å². The summed E-state index contributed by atoms with van der Waals surface area (Å²) in [6.45, 7) is 10.0. The minimum Gasteiger partial charge on any atom is -0.350 e. The van der Waals surface area contributed by atoms with E-state index < -0.39 is 15.6 Å². The molecule has 3 rings (SSSR count).